The highest BCUT2D eigenvalue weighted by molar-refractivity contribution is 5.76. The summed E-state index contributed by atoms with van der Waals surface area (Å²) in [4.78, 5) is 2.25. The Labute approximate surface area is 160 Å². The van der Waals surface area contributed by atoms with E-state index in [-0.39, 0.29) is 0 Å². The summed E-state index contributed by atoms with van der Waals surface area (Å²) in [5.41, 5.74) is 5.82. The predicted octanol–water partition coefficient (Wildman–Crippen LogP) is 6.45. The fraction of sp³-hybridized carbons (Fsp3) is 0.0400. The Morgan fingerprint density at radius 2 is 0.889 bits per heavy atom. The number of aromatic hydroxyl groups is 1. The molecular weight excluding hydrogens is 330 g/mol. The van der Waals surface area contributed by atoms with E-state index in [4.69, 9.17) is 0 Å². The number of hydrogen-bond acceptors (Lipinski definition) is 2. The Kier molecular flexibility index (Phi) is 4.88. The third kappa shape index (κ3) is 4.01. The normalized spacial score (nSPS) is 10.5. The third-order valence-corrected chi connectivity index (χ3v) is 4.57. The molecule has 0 heterocycles. The zero-order valence-corrected chi connectivity index (χ0v) is 15.0. The first kappa shape index (κ1) is 16.9. The van der Waals surface area contributed by atoms with Gasteiger partial charge in [0.1, 0.15) is 5.75 Å². The van der Waals surface area contributed by atoms with Gasteiger partial charge in [0.2, 0.25) is 0 Å². The Hall–Kier alpha value is -3.52. The lowest BCUT2D eigenvalue weighted by molar-refractivity contribution is 0.475. The van der Waals surface area contributed by atoms with Gasteiger partial charge in [-0.25, -0.2) is 0 Å². The maximum atomic E-state index is 9.43. The van der Waals surface area contributed by atoms with Gasteiger partial charge in [0.05, 0.1) is 0 Å². The molecule has 0 aliphatic rings. The molecule has 4 rings (SSSR count). The Morgan fingerprint density at radius 1 is 0.481 bits per heavy atom. The van der Waals surface area contributed by atoms with E-state index in [1.807, 2.05) is 24.3 Å². The third-order valence-electron chi connectivity index (χ3n) is 4.57. The number of hydrogen-bond donors (Lipinski definition) is 1. The molecule has 2 heteroatoms. The smallest absolute Gasteiger partial charge is 0.115 e. The van der Waals surface area contributed by atoms with Gasteiger partial charge in [0.25, 0.3) is 0 Å². The zero-order chi connectivity index (χ0) is 18.5. The number of phenolic OH excluding ortho intramolecular Hbond substituents is 1. The second-order valence-corrected chi connectivity index (χ2v) is 6.52. The van der Waals surface area contributed by atoms with Gasteiger partial charge in [-0.05, 0) is 66.1 Å². The van der Waals surface area contributed by atoms with Crippen LogP contribution in [-0.4, -0.2) is 5.11 Å². The molecule has 0 amide bonds. The molecule has 0 radical (unpaired) electrons. The maximum Gasteiger partial charge on any atom is 0.115 e. The molecular formula is C25H21NO. The standard InChI is InChI=1S/C25H21NO/c27-25-17-13-21(14-18-25)19-20-11-15-24(16-12-20)26(22-7-3-1-4-8-22)23-9-5-2-6-10-23/h1-18,27H,19H2. The van der Waals surface area contributed by atoms with Crippen LogP contribution < -0.4 is 4.90 Å². The average Bonchev–Trinajstić information content (AvgIpc) is 2.73. The molecule has 0 aromatic heterocycles. The van der Waals surface area contributed by atoms with E-state index in [2.05, 4.69) is 77.7 Å². The van der Waals surface area contributed by atoms with Gasteiger partial charge in [0.15, 0.2) is 0 Å². The first-order valence-electron chi connectivity index (χ1n) is 9.07. The van der Waals surface area contributed by atoms with Gasteiger partial charge in [-0.3, -0.25) is 0 Å². The Balaban J connectivity index is 1.64. The van der Waals surface area contributed by atoms with Crippen LogP contribution in [0.15, 0.2) is 109 Å². The topological polar surface area (TPSA) is 23.5 Å². The van der Waals surface area contributed by atoms with E-state index in [9.17, 15) is 5.11 Å². The van der Waals surface area contributed by atoms with Crippen LogP contribution in [-0.2, 0) is 6.42 Å². The van der Waals surface area contributed by atoms with Crippen molar-refractivity contribution >= 4 is 17.1 Å². The maximum absolute atomic E-state index is 9.43. The van der Waals surface area contributed by atoms with Crippen molar-refractivity contribution in [1.82, 2.24) is 0 Å². The summed E-state index contributed by atoms with van der Waals surface area (Å²) in [6.45, 7) is 0. The number of para-hydroxylation sites is 2. The van der Waals surface area contributed by atoms with Gasteiger partial charge in [0, 0.05) is 17.1 Å². The molecule has 132 valence electrons. The van der Waals surface area contributed by atoms with E-state index in [0.29, 0.717) is 5.75 Å². The molecule has 2 nitrogen and oxygen atoms in total. The quantitative estimate of drug-likeness (QED) is 0.446. The van der Waals surface area contributed by atoms with Crippen molar-refractivity contribution in [2.45, 2.75) is 6.42 Å². The van der Waals surface area contributed by atoms with E-state index in [0.717, 1.165) is 23.5 Å². The van der Waals surface area contributed by atoms with Crippen LogP contribution >= 0.6 is 0 Å². The molecule has 0 aliphatic heterocycles. The highest BCUT2D eigenvalue weighted by Gasteiger charge is 2.11. The second-order valence-electron chi connectivity index (χ2n) is 6.52. The minimum Gasteiger partial charge on any atom is -0.508 e. The monoisotopic (exact) mass is 351 g/mol. The van der Waals surface area contributed by atoms with E-state index < -0.39 is 0 Å². The molecule has 0 bridgehead atoms. The van der Waals surface area contributed by atoms with E-state index in [1.165, 1.54) is 11.1 Å². The van der Waals surface area contributed by atoms with Crippen LogP contribution in [0.1, 0.15) is 11.1 Å². The van der Waals surface area contributed by atoms with Crippen molar-refractivity contribution < 1.29 is 5.11 Å². The molecule has 0 saturated heterocycles. The fourth-order valence-corrected chi connectivity index (χ4v) is 3.21. The lowest BCUT2D eigenvalue weighted by Gasteiger charge is -2.25. The highest BCUT2D eigenvalue weighted by atomic mass is 16.3. The second kappa shape index (κ2) is 7.79. The largest absolute Gasteiger partial charge is 0.508 e. The highest BCUT2D eigenvalue weighted by Crippen LogP contribution is 2.34. The summed E-state index contributed by atoms with van der Waals surface area (Å²) in [7, 11) is 0. The lowest BCUT2D eigenvalue weighted by Crippen LogP contribution is -2.09. The summed E-state index contributed by atoms with van der Waals surface area (Å²) in [5, 5.41) is 9.43. The minimum atomic E-state index is 0.301. The number of benzene rings is 4. The van der Waals surface area contributed by atoms with Crippen molar-refractivity contribution in [1.29, 1.82) is 0 Å². The molecule has 27 heavy (non-hydrogen) atoms. The van der Waals surface area contributed by atoms with Gasteiger partial charge in [-0.1, -0.05) is 60.7 Å². The number of rotatable bonds is 5. The van der Waals surface area contributed by atoms with Gasteiger partial charge < -0.3 is 10.0 Å². The summed E-state index contributed by atoms with van der Waals surface area (Å²) in [5.74, 6) is 0.301. The van der Waals surface area contributed by atoms with Crippen LogP contribution in [0, 0.1) is 0 Å². The Bertz CT molecular complexity index is 938. The van der Waals surface area contributed by atoms with Crippen LogP contribution in [0.2, 0.25) is 0 Å². The minimum absolute atomic E-state index is 0.301. The molecule has 0 fully saturated rings. The van der Waals surface area contributed by atoms with Crippen molar-refractivity contribution in [3.63, 3.8) is 0 Å². The molecule has 1 N–H and O–H groups in total. The lowest BCUT2D eigenvalue weighted by atomic mass is 10.0. The summed E-state index contributed by atoms with van der Waals surface area (Å²) in [6, 6.07) is 36.8. The molecule has 4 aromatic carbocycles. The number of nitrogens with zero attached hydrogens (tertiary/aromatic N) is 1. The first-order chi connectivity index (χ1) is 13.3. The summed E-state index contributed by atoms with van der Waals surface area (Å²) >= 11 is 0. The first-order valence-corrected chi connectivity index (χ1v) is 9.07. The summed E-state index contributed by atoms with van der Waals surface area (Å²) in [6.07, 6.45) is 0.844. The number of anilines is 3. The fourth-order valence-electron chi connectivity index (χ4n) is 3.21. The SMILES string of the molecule is Oc1ccc(Cc2ccc(N(c3ccccc3)c3ccccc3)cc2)cc1. The zero-order valence-electron chi connectivity index (χ0n) is 15.0. The van der Waals surface area contributed by atoms with Crippen molar-refractivity contribution in [2.24, 2.45) is 0 Å². The van der Waals surface area contributed by atoms with Crippen molar-refractivity contribution in [3.05, 3.63) is 120 Å². The molecule has 0 unspecified atom stereocenters. The molecule has 0 spiro atoms. The van der Waals surface area contributed by atoms with Gasteiger partial charge >= 0.3 is 0 Å². The average molecular weight is 351 g/mol. The molecule has 0 aliphatic carbocycles. The van der Waals surface area contributed by atoms with E-state index >= 15 is 0 Å². The predicted molar refractivity (Wildman–Crippen MR) is 112 cm³/mol. The van der Waals surface area contributed by atoms with Crippen LogP contribution in [0.4, 0.5) is 17.1 Å². The van der Waals surface area contributed by atoms with Crippen LogP contribution in [0.5, 0.6) is 5.75 Å². The molecule has 4 aromatic rings. The number of phenols is 1. The molecule has 0 saturated carbocycles. The van der Waals surface area contributed by atoms with Crippen molar-refractivity contribution in [2.75, 3.05) is 4.90 Å². The van der Waals surface area contributed by atoms with Gasteiger partial charge in [-0.15, -0.1) is 0 Å². The molecule has 0 atom stereocenters. The summed E-state index contributed by atoms with van der Waals surface area (Å²) < 4.78 is 0. The Morgan fingerprint density at radius 3 is 1.37 bits per heavy atom. The van der Waals surface area contributed by atoms with Crippen molar-refractivity contribution in [3.8, 4) is 5.75 Å². The van der Waals surface area contributed by atoms with E-state index in [1.54, 1.807) is 12.1 Å². The van der Waals surface area contributed by atoms with Crippen LogP contribution in [0.25, 0.3) is 0 Å². The van der Waals surface area contributed by atoms with Gasteiger partial charge in [-0.2, -0.15) is 0 Å². The van der Waals surface area contributed by atoms with Crippen LogP contribution in [0.3, 0.4) is 0 Å².